The highest BCUT2D eigenvalue weighted by Crippen LogP contribution is 2.21. The first kappa shape index (κ1) is 11.8. The molecule has 0 fully saturated rings. The summed E-state index contributed by atoms with van der Waals surface area (Å²) >= 11 is 5.86. The van der Waals surface area contributed by atoms with E-state index in [0.29, 0.717) is 0 Å². The summed E-state index contributed by atoms with van der Waals surface area (Å²) in [6.07, 6.45) is 0.888. The van der Waals surface area contributed by atoms with Crippen LogP contribution in [0.15, 0.2) is 48.5 Å². The molecule has 0 bridgehead atoms. The van der Waals surface area contributed by atoms with E-state index < -0.39 is 0 Å². The van der Waals surface area contributed by atoms with E-state index in [0.717, 1.165) is 17.0 Å². The lowest BCUT2D eigenvalue weighted by molar-refractivity contribution is 1.28. The molecule has 17 heavy (non-hydrogen) atoms. The summed E-state index contributed by atoms with van der Waals surface area (Å²) in [5.74, 6) is 6.17. The number of halogens is 1. The van der Waals surface area contributed by atoms with Crippen LogP contribution in [0.25, 0.3) is 11.1 Å². The Kier molecular flexibility index (Phi) is 3.85. The molecule has 84 valence electrons. The van der Waals surface area contributed by atoms with Crippen molar-refractivity contribution < 1.29 is 0 Å². The maximum Gasteiger partial charge on any atom is 0.0406 e. The first-order chi connectivity index (χ1) is 8.29. The van der Waals surface area contributed by atoms with E-state index >= 15 is 0 Å². The zero-order valence-electron chi connectivity index (χ0n) is 9.70. The smallest absolute Gasteiger partial charge is 0.0406 e. The van der Waals surface area contributed by atoms with Gasteiger partial charge in [-0.2, -0.15) is 0 Å². The van der Waals surface area contributed by atoms with Crippen LogP contribution in [0, 0.1) is 11.8 Å². The second kappa shape index (κ2) is 5.57. The van der Waals surface area contributed by atoms with Crippen molar-refractivity contribution >= 4 is 11.6 Å². The summed E-state index contributed by atoms with van der Waals surface area (Å²) in [6, 6.07) is 16.1. The minimum Gasteiger partial charge on any atom is -0.0982 e. The summed E-state index contributed by atoms with van der Waals surface area (Å²) in [7, 11) is 0. The number of benzene rings is 2. The third-order valence-corrected chi connectivity index (χ3v) is 2.72. The molecule has 0 amide bonds. The molecule has 0 saturated carbocycles. The van der Waals surface area contributed by atoms with Crippen molar-refractivity contribution in [3.05, 3.63) is 59.1 Å². The molecule has 2 aromatic carbocycles. The zero-order valence-corrected chi connectivity index (χ0v) is 10.5. The first-order valence-corrected chi connectivity index (χ1v) is 6.02. The largest absolute Gasteiger partial charge is 0.0982 e. The fraction of sp³-hybridized carbons (Fsp3) is 0.125. The first-order valence-electron chi connectivity index (χ1n) is 5.64. The average molecular weight is 241 g/mol. The molecule has 1 heteroatoms. The molecule has 2 rings (SSSR count). The standard InChI is InChI=1S/C16H13Cl/c1-2-3-4-13-5-7-14(8-6-13)15-9-11-16(17)12-10-15/h5-12H,2H2,1H3. The molecule has 0 atom stereocenters. The molecule has 0 unspecified atom stereocenters. The third-order valence-electron chi connectivity index (χ3n) is 2.47. The van der Waals surface area contributed by atoms with E-state index in [1.165, 1.54) is 11.1 Å². The van der Waals surface area contributed by atoms with E-state index in [1.54, 1.807) is 0 Å². The molecule has 0 aliphatic heterocycles. The van der Waals surface area contributed by atoms with Crippen molar-refractivity contribution in [2.45, 2.75) is 13.3 Å². The summed E-state index contributed by atoms with van der Waals surface area (Å²) in [4.78, 5) is 0. The second-order valence-corrected chi connectivity index (χ2v) is 4.18. The maximum absolute atomic E-state index is 5.86. The minimum atomic E-state index is 0.763. The monoisotopic (exact) mass is 240 g/mol. The Morgan fingerprint density at radius 3 is 1.94 bits per heavy atom. The lowest BCUT2D eigenvalue weighted by atomic mass is 10.0. The van der Waals surface area contributed by atoms with Gasteiger partial charge in [0.1, 0.15) is 0 Å². The van der Waals surface area contributed by atoms with Crippen LogP contribution in [-0.2, 0) is 0 Å². The molecule has 0 aliphatic rings. The van der Waals surface area contributed by atoms with Crippen molar-refractivity contribution in [3.63, 3.8) is 0 Å². The lowest BCUT2D eigenvalue weighted by Crippen LogP contribution is -1.79. The van der Waals surface area contributed by atoms with Gasteiger partial charge in [0, 0.05) is 17.0 Å². The van der Waals surface area contributed by atoms with Gasteiger partial charge in [-0.25, -0.2) is 0 Å². The molecule has 0 radical (unpaired) electrons. The normalized spacial score (nSPS) is 9.53. The summed E-state index contributed by atoms with van der Waals surface area (Å²) in [5, 5.41) is 0.763. The third kappa shape index (κ3) is 3.12. The Morgan fingerprint density at radius 1 is 0.882 bits per heavy atom. The van der Waals surface area contributed by atoms with Crippen LogP contribution in [0.5, 0.6) is 0 Å². The summed E-state index contributed by atoms with van der Waals surface area (Å²) < 4.78 is 0. The van der Waals surface area contributed by atoms with Gasteiger partial charge in [0.25, 0.3) is 0 Å². The van der Waals surface area contributed by atoms with E-state index in [9.17, 15) is 0 Å². The molecule has 0 aromatic heterocycles. The Morgan fingerprint density at radius 2 is 1.41 bits per heavy atom. The minimum absolute atomic E-state index is 0.763. The van der Waals surface area contributed by atoms with E-state index in [-0.39, 0.29) is 0 Å². The number of hydrogen-bond donors (Lipinski definition) is 0. The molecule has 0 heterocycles. The topological polar surface area (TPSA) is 0 Å². The SMILES string of the molecule is CCC#Cc1ccc(-c2ccc(Cl)cc2)cc1. The average Bonchev–Trinajstić information content (AvgIpc) is 2.38. The van der Waals surface area contributed by atoms with Crippen LogP contribution < -0.4 is 0 Å². The molecular formula is C16H13Cl. The van der Waals surface area contributed by atoms with Crippen molar-refractivity contribution in [1.29, 1.82) is 0 Å². The molecule has 0 nitrogen and oxygen atoms in total. The van der Waals surface area contributed by atoms with Gasteiger partial charge >= 0.3 is 0 Å². The highest BCUT2D eigenvalue weighted by Gasteiger charge is 1.97. The number of hydrogen-bond acceptors (Lipinski definition) is 0. The Bertz CT molecular complexity index is 539. The van der Waals surface area contributed by atoms with Crippen LogP contribution in [0.3, 0.4) is 0 Å². The van der Waals surface area contributed by atoms with Crippen LogP contribution >= 0.6 is 11.6 Å². The molecule has 0 aliphatic carbocycles. The Balaban J connectivity index is 2.26. The van der Waals surface area contributed by atoms with Crippen molar-refractivity contribution in [3.8, 4) is 23.0 Å². The van der Waals surface area contributed by atoms with E-state index in [2.05, 4.69) is 30.9 Å². The van der Waals surface area contributed by atoms with Gasteiger partial charge in [0.15, 0.2) is 0 Å². The molecule has 0 saturated heterocycles. The van der Waals surface area contributed by atoms with Gasteiger partial charge in [-0.1, -0.05) is 54.6 Å². The maximum atomic E-state index is 5.86. The van der Waals surface area contributed by atoms with Gasteiger partial charge in [-0.15, -0.1) is 0 Å². The Hall–Kier alpha value is -1.71. The Labute approximate surface area is 107 Å². The highest BCUT2D eigenvalue weighted by molar-refractivity contribution is 6.30. The molecular weight excluding hydrogens is 228 g/mol. The van der Waals surface area contributed by atoms with Gasteiger partial charge in [-0.3, -0.25) is 0 Å². The van der Waals surface area contributed by atoms with Gasteiger partial charge in [-0.05, 0) is 35.4 Å². The van der Waals surface area contributed by atoms with Crippen molar-refractivity contribution in [2.24, 2.45) is 0 Å². The van der Waals surface area contributed by atoms with Crippen LogP contribution in [0.1, 0.15) is 18.9 Å². The van der Waals surface area contributed by atoms with Crippen LogP contribution in [-0.4, -0.2) is 0 Å². The van der Waals surface area contributed by atoms with Crippen molar-refractivity contribution in [1.82, 2.24) is 0 Å². The predicted molar refractivity (Wildman–Crippen MR) is 74.1 cm³/mol. The molecule has 0 N–H and O–H groups in total. The fourth-order valence-corrected chi connectivity index (χ4v) is 1.70. The van der Waals surface area contributed by atoms with Crippen molar-refractivity contribution in [2.75, 3.05) is 0 Å². The van der Waals surface area contributed by atoms with Gasteiger partial charge < -0.3 is 0 Å². The van der Waals surface area contributed by atoms with Gasteiger partial charge in [0.05, 0.1) is 0 Å². The fourth-order valence-electron chi connectivity index (χ4n) is 1.58. The zero-order chi connectivity index (χ0) is 12.1. The lowest BCUT2D eigenvalue weighted by Gasteiger charge is -2.01. The highest BCUT2D eigenvalue weighted by atomic mass is 35.5. The quantitative estimate of drug-likeness (QED) is 0.630. The van der Waals surface area contributed by atoms with E-state index in [4.69, 9.17) is 11.6 Å². The summed E-state index contributed by atoms with van der Waals surface area (Å²) in [6.45, 7) is 2.05. The second-order valence-electron chi connectivity index (χ2n) is 3.74. The molecule has 0 spiro atoms. The van der Waals surface area contributed by atoms with Crippen LogP contribution in [0.2, 0.25) is 5.02 Å². The summed E-state index contributed by atoms with van der Waals surface area (Å²) in [5.41, 5.74) is 3.41. The van der Waals surface area contributed by atoms with Gasteiger partial charge in [0.2, 0.25) is 0 Å². The van der Waals surface area contributed by atoms with E-state index in [1.807, 2.05) is 36.4 Å². The molecule has 2 aromatic rings. The number of rotatable bonds is 1. The predicted octanol–water partition coefficient (Wildman–Crippen LogP) is 4.77. The van der Waals surface area contributed by atoms with Crippen LogP contribution in [0.4, 0.5) is 0 Å².